The minimum atomic E-state index is -0.797. The van der Waals surface area contributed by atoms with Crippen molar-refractivity contribution in [2.45, 2.75) is 44.3 Å². The molecule has 0 spiro atoms. The van der Waals surface area contributed by atoms with Crippen molar-refractivity contribution >= 4 is 11.9 Å². The molecule has 2 saturated heterocycles. The Hall–Kier alpha value is -1.10. The molecule has 1 atom stereocenters. The van der Waals surface area contributed by atoms with Gasteiger partial charge in [0.05, 0.1) is 13.2 Å². The van der Waals surface area contributed by atoms with E-state index in [1.807, 2.05) is 0 Å². The van der Waals surface area contributed by atoms with E-state index in [1.165, 1.54) is 14.0 Å². The second-order valence-electron chi connectivity index (χ2n) is 4.78. The fourth-order valence-electron chi connectivity index (χ4n) is 2.79. The quantitative estimate of drug-likeness (QED) is 0.692. The van der Waals surface area contributed by atoms with Gasteiger partial charge in [0, 0.05) is 6.92 Å². The zero-order valence-corrected chi connectivity index (χ0v) is 10.2. The predicted octanol–water partition coefficient (Wildman–Crippen LogP) is 1.05. The van der Waals surface area contributed by atoms with E-state index < -0.39 is 5.60 Å². The molecule has 2 aliphatic heterocycles. The Morgan fingerprint density at radius 1 is 1.35 bits per heavy atom. The molecule has 1 aliphatic carbocycles. The molecule has 3 fully saturated rings. The highest BCUT2D eigenvalue weighted by Gasteiger charge is 2.52. The summed E-state index contributed by atoms with van der Waals surface area (Å²) in [6.07, 6.45) is 3.12. The van der Waals surface area contributed by atoms with Crippen molar-refractivity contribution in [3.05, 3.63) is 0 Å². The number of esters is 2. The summed E-state index contributed by atoms with van der Waals surface area (Å²) in [5, 5.41) is 0. The van der Waals surface area contributed by atoms with Crippen LogP contribution >= 0.6 is 0 Å². The van der Waals surface area contributed by atoms with E-state index in [4.69, 9.17) is 14.2 Å². The predicted molar refractivity (Wildman–Crippen MR) is 58.2 cm³/mol. The van der Waals surface area contributed by atoms with E-state index >= 15 is 0 Å². The van der Waals surface area contributed by atoms with Crippen LogP contribution in [0.25, 0.3) is 0 Å². The maximum atomic E-state index is 11.8. The third-order valence-electron chi connectivity index (χ3n) is 3.75. The van der Waals surface area contributed by atoms with Crippen molar-refractivity contribution in [1.82, 2.24) is 0 Å². The van der Waals surface area contributed by atoms with Gasteiger partial charge in [-0.2, -0.15) is 0 Å². The molecule has 0 amide bonds. The minimum Gasteiger partial charge on any atom is -0.467 e. The number of rotatable bonds is 3. The number of methoxy groups -OCH3 is 1. The van der Waals surface area contributed by atoms with E-state index in [1.54, 1.807) is 0 Å². The summed E-state index contributed by atoms with van der Waals surface area (Å²) in [4.78, 5) is 22.6. The molecule has 0 aromatic carbocycles. The molecule has 2 bridgehead atoms. The van der Waals surface area contributed by atoms with Crippen LogP contribution in [0.3, 0.4) is 0 Å². The molecule has 3 aliphatic rings. The normalized spacial score (nSPS) is 35.4. The molecule has 5 heteroatoms. The van der Waals surface area contributed by atoms with Crippen LogP contribution in [0, 0.1) is 5.92 Å². The molecule has 2 heterocycles. The standard InChI is InChI=1S/C12H18O5/c1-8(13)16-7-10-9-3-5-12(17-10,6-4-9)11(14)15-2/h9-10H,3-7H2,1-2H3. The molecule has 0 aromatic rings. The average Bonchev–Trinajstić information content (AvgIpc) is 2.36. The number of hydrogen-bond acceptors (Lipinski definition) is 5. The molecular weight excluding hydrogens is 224 g/mol. The van der Waals surface area contributed by atoms with Crippen LogP contribution in [0.2, 0.25) is 0 Å². The van der Waals surface area contributed by atoms with E-state index in [2.05, 4.69) is 0 Å². The Bertz CT molecular complexity index is 317. The maximum absolute atomic E-state index is 11.8. The third-order valence-corrected chi connectivity index (χ3v) is 3.75. The van der Waals surface area contributed by atoms with Crippen LogP contribution in [0.5, 0.6) is 0 Å². The molecular formula is C12H18O5. The Labute approximate surface area is 100 Å². The number of hydrogen-bond donors (Lipinski definition) is 0. The monoisotopic (exact) mass is 242 g/mol. The molecule has 1 saturated carbocycles. The lowest BCUT2D eigenvalue weighted by Crippen LogP contribution is -2.56. The van der Waals surface area contributed by atoms with E-state index in [0.29, 0.717) is 18.8 Å². The van der Waals surface area contributed by atoms with Crippen LogP contribution in [-0.2, 0) is 23.8 Å². The number of carbonyl (C=O) groups is 2. The lowest BCUT2D eigenvalue weighted by molar-refractivity contribution is -0.223. The van der Waals surface area contributed by atoms with Crippen LogP contribution in [0.1, 0.15) is 32.6 Å². The van der Waals surface area contributed by atoms with Crippen molar-refractivity contribution in [3.63, 3.8) is 0 Å². The number of ether oxygens (including phenoxy) is 3. The summed E-state index contributed by atoms with van der Waals surface area (Å²) in [6.45, 7) is 1.61. The Kier molecular flexibility index (Phi) is 3.38. The highest BCUT2D eigenvalue weighted by molar-refractivity contribution is 5.80. The molecule has 17 heavy (non-hydrogen) atoms. The molecule has 96 valence electrons. The smallest absolute Gasteiger partial charge is 0.338 e. The van der Waals surface area contributed by atoms with Crippen LogP contribution in [0.15, 0.2) is 0 Å². The summed E-state index contributed by atoms with van der Waals surface area (Å²) < 4.78 is 15.6. The molecule has 1 unspecified atom stereocenters. The molecule has 0 aromatic heterocycles. The fourth-order valence-corrected chi connectivity index (χ4v) is 2.79. The molecule has 5 nitrogen and oxygen atoms in total. The summed E-state index contributed by atoms with van der Waals surface area (Å²) in [5.74, 6) is -0.230. The van der Waals surface area contributed by atoms with Crippen molar-refractivity contribution in [1.29, 1.82) is 0 Å². The Morgan fingerprint density at radius 2 is 2.00 bits per heavy atom. The lowest BCUT2D eigenvalue weighted by Gasteiger charge is -2.48. The molecule has 0 N–H and O–H groups in total. The number of carbonyl (C=O) groups excluding carboxylic acids is 2. The van der Waals surface area contributed by atoms with E-state index in [0.717, 1.165) is 12.8 Å². The zero-order chi connectivity index (χ0) is 12.5. The first kappa shape index (κ1) is 12.4. The summed E-state index contributed by atoms with van der Waals surface area (Å²) in [6, 6.07) is 0. The zero-order valence-electron chi connectivity index (χ0n) is 10.2. The second kappa shape index (κ2) is 4.64. The van der Waals surface area contributed by atoms with Gasteiger partial charge in [0.2, 0.25) is 0 Å². The summed E-state index contributed by atoms with van der Waals surface area (Å²) in [7, 11) is 1.38. The fraction of sp³-hybridized carbons (Fsp3) is 0.833. The van der Waals surface area contributed by atoms with Gasteiger partial charge in [-0.15, -0.1) is 0 Å². The van der Waals surface area contributed by atoms with E-state index in [-0.39, 0.29) is 24.6 Å². The van der Waals surface area contributed by atoms with Gasteiger partial charge in [0.25, 0.3) is 0 Å². The van der Waals surface area contributed by atoms with Gasteiger partial charge in [-0.3, -0.25) is 4.79 Å². The SMILES string of the molecule is COC(=O)C12CCC(CC1)C(COC(C)=O)O2. The van der Waals surface area contributed by atoms with Crippen molar-refractivity contribution in [3.8, 4) is 0 Å². The summed E-state index contributed by atoms with van der Waals surface area (Å²) >= 11 is 0. The minimum absolute atomic E-state index is 0.166. The van der Waals surface area contributed by atoms with Gasteiger partial charge in [-0.1, -0.05) is 0 Å². The average molecular weight is 242 g/mol. The van der Waals surface area contributed by atoms with Crippen molar-refractivity contribution < 1.29 is 23.8 Å². The van der Waals surface area contributed by atoms with Gasteiger partial charge < -0.3 is 14.2 Å². The third kappa shape index (κ3) is 2.29. The highest BCUT2D eigenvalue weighted by Crippen LogP contribution is 2.45. The van der Waals surface area contributed by atoms with Crippen LogP contribution in [-0.4, -0.2) is 37.4 Å². The molecule has 0 radical (unpaired) electrons. The van der Waals surface area contributed by atoms with Gasteiger partial charge in [-0.25, -0.2) is 4.79 Å². The largest absolute Gasteiger partial charge is 0.467 e. The van der Waals surface area contributed by atoms with Crippen molar-refractivity contribution in [2.24, 2.45) is 5.92 Å². The number of fused-ring (bicyclic) bond motifs is 3. The van der Waals surface area contributed by atoms with Crippen molar-refractivity contribution in [2.75, 3.05) is 13.7 Å². The Balaban J connectivity index is 2.03. The highest BCUT2D eigenvalue weighted by atomic mass is 16.6. The van der Waals surface area contributed by atoms with Crippen LogP contribution < -0.4 is 0 Å². The lowest BCUT2D eigenvalue weighted by atomic mass is 9.73. The second-order valence-corrected chi connectivity index (χ2v) is 4.78. The topological polar surface area (TPSA) is 61.8 Å². The first-order valence-corrected chi connectivity index (χ1v) is 5.97. The van der Waals surface area contributed by atoms with Gasteiger partial charge in [0.1, 0.15) is 6.61 Å². The van der Waals surface area contributed by atoms with Crippen LogP contribution in [0.4, 0.5) is 0 Å². The first-order valence-electron chi connectivity index (χ1n) is 5.97. The van der Waals surface area contributed by atoms with E-state index in [9.17, 15) is 9.59 Å². The summed E-state index contributed by atoms with van der Waals surface area (Å²) in [5.41, 5.74) is -0.797. The maximum Gasteiger partial charge on any atom is 0.338 e. The molecule has 3 rings (SSSR count). The van der Waals surface area contributed by atoms with Gasteiger partial charge >= 0.3 is 11.9 Å². The van der Waals surface area contributed by atoms with Gasteiger partial charge in [-0.05, 0) is 31.6 Å². The first-order chi connectivity index (χ1) is 8.07. The van der Waals surface area contributed by atoms with Gasteiger partial charge in [0.15, 0.2) is 5.60 Å². The Morgan fingerprint density at radius 3 is 2.53 bits per heavy atom.